The summed E-state index contributed by atoms with van der Waals surface area (Å²) in [6.07, 6.45) is 0. The molecule has 0 fully saturated rings. The summed E-state index contributed by atoms with van der Waals surface area (Å²) < 4.78 is 28.0. The van der Waals surface area contributed by atoms with Crippen LogP contribution in [0.3, 0.4) is 0 Å². The molecule has 0 aliphatic rings. The van der Waals surface area contributed by atoms with Crippen molar-refractivity contribution in [3.63, 3.8) is 0 Å². The lowest BCUT2D eigenvalue weighted by molar-refractivity contribution is -0.0498. The maximum atomic E-state index is 11.9. The number of carbonyl (C=O) groups is 1. The first kappa shape index (κ1) is 14.4. The summed E-state index contributed by atoms with van der Waals surface area (Å²) in [5.41, 5.74) is 0.187. The second-order valence-electron chi connectivity index (χ2n) is 3.38. The van der Waals surface area contributed by atoms with E-state index in [0.29, 0.717) is 0 Å². The van der Waals surface area contributed by atoms with Crippen LogP contribution in [0.15, 0.2) is 24.3 Å². The minimum atomic E-state index is -2.93. The molecule has 1 rings (SSSR count). The molecule has 0 heterocycles. The van der Waals surface area contributed by atoms with Crippen LogP contribution in [0, 0.1) is 22.7 Å². The molecule has 5 nitrogen and oxygen atoms in total. The van der Waals surface area contributed by atoms with Crippen molar-refractivity contribution in [1.82, 2.24) is 4.90 Å². The lowest BCUT2D eigenvalue weighted by Gasteiger charge is -2.15. The number of nitrogens with zero attached hydrogens (tertiary/aromatic N) is 3. The molecule has 0 aromatic heterocycles. The summed E-state index contributed by atoms with van der Waals surface area (Å²) >= 11 is 0. The molecule has 0 spiro atoms. The van der Waals surface area contributed by atoms with E-state index < -0.39 is 12.5 Å². The number of hydrogen-bond donors (Lipinski definition) is 0. The molecular formula is C12H9F2N3O2. The number of alkyl halides is 2. The first-order valence-corrected chi connectivity index (χ1v) is 5.16. The smallest absolute Gasteiger partial charge is 0.387 e. The molecule has 1 amide bonds. The van der Waals surface area contributed by atoms with Gasteiger partial charge in [-0.2, -0.15) is 19.3 Å². The molecule has 0 aliphatic carbocycles. The molecule has 1 aromatic carbocycles. The third-order valence-electron chi connectivity index (χ3n) is 2.14. The zero-order valence-electron chi connectivity index (χ0n) is 9.72. The summed E-state index contributed by atoms with van der Waals surface area (Å²) in [4.78, 5) is 12.9. The van der Waals surface area contributed by atoms with E-state index in [9.17, 15) is 13.6 Å². The van der Waals surface area contributed by atoms with Crippen LogP contribution >= 0.6 is 0 Å². The number of carbonyl (C=O) groups excluding carboxylic acids is 1. The van der Waals surface area contributed by atoms with Crippen molar-refractivity contribution >= 4 is 5.91 Å². The molecule has 0 radical (unpaired) electrons. The van der Waals surface area contributed by atoms with E-state index in [-0.39, 0.29) is 24.4 Å². The molecule has 0 saturated heterocycles. The molecular weight excluding hydrogens is 256 g/mol. The predicted molar refractivity (Wildman–Crippen MR) is 60.2 cm³/mol. The van der Waals surface area contributed by atoms with E-state index in [1.165, 1.54) is 24.3 Å². The van der Waals surface area contributed by atoms with Crippen LogP contribution in [0.5, 0.6) is 5.75 Å². The highest BCUT2D eigenvalue weighted by Gasteiger charge is 2.15. The van der Waals surface area contributed by atoms with E-state index in [1.807, 2.05) is 0 Å². The average Bonchev–Trinajstić information content (AvgIpc) is 2.38. The van der Waals surface area contributed by atoms with E-state index in [4.69, 9.17) is 10.5 Å². The van der Waals surface area contributed by atoms with Crippen molar-refractivity contribution < 1.29 is 18.3 Å². The van der Waals surface area contributed by atoms with Gasteiger partial charge in [-0.1, -0.05) is 0 Å². The van der Waals surface area contributed by atoms with Gasteiger partial charge in [-0.15, -0.1) is 0 Å². The van der Waals surface area contributed by atoms with Crippen molar-refractivity contribution in [2.24, 2.45) is 0 Å². The highest BCUT2D eigenvalue weighted by molar-refractivity contribution is 5.94. The average molecular weight is 265 g/mol. The van der Waals surface area contributed by atoms with Gasteiger partial charge in [0.1, 0.15) is 18.8 Å². The molecule has 19 heavy (non-hydrogen) atoms. The monoisotopic (exact) mass is 265 g/mol. The van der Waals surface area contributed by atoms with Gasteiger partial charge in [0, 0.05) is 5.56 Å². The van der Waals surface area contributed by atoms with E-state index in [0.717, 1.165) is 4.90 Å². The van der Waals surface area contributed by atoms with Gasteiger partial charge in [0.25, 0.3) is 5.91 Å². The van der Waals surface area contributed by atoms with Gasteiger partial charge in [0.2, 0.25) is 0 Å². The normalized spacial score (nSPS) is 9.53. The van der Waals surface area contributed by atoms with Crippen molar-refractivity contribution in [3.8, 4) is 17.9 Å². The van der Waals surface area contributed by atoms with Gasteiger partial charge in [0.05, 0.1) is 12.1 Å². The lowest BCUT2D eigenvalue weighted by atomic mass is 10.2. The number of nitriles is 2. The maximum absolute atomic E-state index is 11.9. The van der Waals surface area contributed by atoms with Gasteiger partial charge in [0.15, 0.2) is 0 Å². The molecule has 98 valence electrons. The Bertz CT molecular complexity index is 501. The van der Waals surface area contributed by atoms with Crippen molar-refractivity contribution in [2.45, 2.75) is 6.61 Å². The Morgan fingerprint density at radius 2 is 1.74 bits per heavy atom. The van der Waals surface area contributed by atoms with Crippen LogP contribution < -0.4 is 4.74 Å². The van der Waals surface area contributed by atoms with Crippen molar-refractivity contribution in [2.75, 3.05) is 13.1 Å². The standard InChI is InChI=1S/C12H9F2N3O2/c13-12(14)19-10-3-1-9(2-4-10)11(18)17(7-5-15)8-6-16/h1-4,12H,7-8H2. The lowest BCUT2D eigenvalue weighted by Crippen LogP contribution is -2.31. The molecule has 0 aliphatic heterocycles. The summed E-state index contributed by atoms with van der Waals surface area (Å²) in [5.74, 6) is -0.592. The van der Waals surface area contributed by atoms with E-state index in [1.54, 1.807) is 12.1 Å². The van der Waals surface area contributed by atoms with Gasteiger partial charge in [-0.3, -0.25) is 4.79 Å². The van der Waals surface area contributed by atoms with Crippen molar-refractivity contribution in [1.29, 1.82) is 10.5 Å². The van der Waals surface area contributed by atoms with E-state index >= 15 is 0 Å². The summed E-state index contributed by atoms with van der Waals surface area (Å²) in [6, 6.07) is 8.57. The highest BCUT2D eigenvalue weighted by atomic mass is 19.3. The predicted octanol–water partition coefficient (Wildman–Crippen LogP) is 1.78. The Balaban J connectivity index is 2.82. The minimum Gasteiger partial charge on any atom is -0.435 e. The van der Waals surface area contributed by atoms with Gasteiger partial charge >= 0.3 is 6.61 Å². The number of amides is 1. The topological polar surface area (TPSA) is 77.1 Å². The maximum Gasteiger partial charge on any atom is 0.387 e. The molecule has 0 atom stereocenters. The minimum absolute atomic E-state index is 0.0707. The number of benzene rings is 1. The van der Waals surface area contributed by atoms with Gasteiger partial charge in [-0.25, -0.2) is 0 Å². The fourth-order valence-corrected chi connectivity index (χ4v) is 1.33. The molecule has 7 heteroatoms. The third-order valence-corrected chi connectivity index (χ3v) is 2.14. The fourth-order valence-electron chi connectivity index (χ4n) is 1.33. The molecule has 0 unspecified atom stereocenters. The highest BCUT2D eigenvalue weighted by Crippen LogP contribution is 2.15. The van der Waals surface area contributed by atoms with Crippen LogP contribution in [0.2, 0.25) is 0 Å². The molecule has 0 bridgehead atoms. The third kappa shape index (κ3) is 4.25. The summed E-state index contributed by atoms with van der Waals surface area (Å²) in [7, 11) is 0. The molecule has 0 N–H and O–H groups in total. The van der Waals surface area contributed by atoms with Crippen molar-refractivity contribution in [3.05, 3.63) is 29.8 Å². The van der Waals surface area contributed by atoms with Crippen LogP contribution in [-0.2, 0) is 0 Å². The van der Waals surface area contributed by atoms with Crippen LogP contribution in [-0.4, -0.2) is 30.5 Å². The number of hydrogen-bond acceptors (Lipinski definition) is 4. The fraction of sp³-hybridized carbons (Fsp3) is 0.250. The zero-order valence-corrected chi connectivity index (χ0v) is 9.72. The summed E-state index contributed by atoms with van der Waals surface area (Å²) in [5, 5.41) is 17.1. The quantitative estimate of drug-likeness (QED) is 0.760. The summed E-state index contributed by atoms with van der Waals surface area (Å²) in [6.45, 7) is -3.38. The second-order valence-corrected chi connectivity index (χ2v) is 3.38. The number of halogens is 2. The van der Waals surface area contributed by atoms with Gasteiger partial charge in [-0.05, 0) is 24.3 Å². The first-order chi connectivity index (χ1) is 9.08. The Kier molecular flexibility index (Phi) is 5.24. The van der Waals surface area contributed by atoms with Gasteiger partial charge < -0.3 is 9.64 Å². The Morgan fingerprint density at radius 3 is 2.16 bits per heavy atom. The van der Waals surface area contributed by atoms with Crippen LogP contribution in [0.25, 0.3) is 0 Å². The SMILES string of the molecule is N#CCN(CC#N)C(=O)c1ccc(OC(F)F)cc1. The largest absolute Gasteiger partial charge is 0.435 e. The molecule has 0 saturated carbocycles. The zero-order chi connectivity index (χ0) is 14.3. The Morgan fingerprint density at radius 1 is 1.21 bits per heavy atom. The second kappa shape index (κ2) is 6.92. The Labute approximate surface area is 108 Å². The van der Waals surface area contributed by atoms with Crippen LogP contribution in [0.1, 0.15) is 10.4 Å². The first-order valence-electron chi connectivity index (χ1n) is 5.16. The molecule has 1 aromatic rings. The Hall–Kier alpha value is -2.67. The van der Waals surface area contributed by atoms with E-state index in [2.05, 4.69) is 4.74 Å². The number of ether oxygens (including phenoxy) is 1. The number of rotatable bonds is 5. The van der Waals surface area contributed by atoms with Crippen LogP contribution in [0.4, 0.5) is 8.78 Å².